The molecule has 0 heterocycles. The van der Waals surface area contributed by atoms with E-state index in [9.17, 15) is 14.7 Å². The van der Waals surface area contributed by atoms with Gasteiger partial charge >= 0.3 is 11.9 Å². The molecule has 1 N–H and O–H groups in total. The second kappa shape index (κ2) is 36.0. The number of benzene rings is 1. The lowest BCUT2D eigenvalue weighted by Gasteiger charge is -2.12. The number of unbranched alkanes of at least 4 members (excludes halogenated alkanes) is 27. The van der Waals surface area contributed by atoms with Crippen molar-refractivity contribution in [2.75, 3.05) is 0 Å². The van der Waals surface area contributed by atoms with E-state index < -0.39 is 5.97 Å². The highest BCUT2D eigenvalue weighted by Crippen LogP contribution is 2.25. The van der Waals surface area contributed by atoms with Crippen LogP contribution < -0.4 is 4.74 Å². The largest absolute Gasteiger partial charge is 0.478 e. The monoisotopic (exact) mass is 709 g/mol. The summed E-state index contributed by atoms with van der Waals surface area (Å²) in [6.45, 7) is 4.53. The molecule has 0 atom stereocenters. The zero-order chi connectivity index (χ0) is 36.9. The zero-order valence-electron chi connectivity index (χ0n) is 33.5. The van der Waals surface area contributed by atoms with E-state index in [1.165, 1.54) is 161 Å². The summed E-state index contributed by atoms with van der Waals surface area (Å²) in [7, 11) is 0. The second-order valence-corrected chi connectivity index (χ2v) is 15.0. The molecule has 0 bridgehead atoms. The van der Waals surface area contributed by atoms with Gasteiger partial charge in [0, 0.05) is 6.42 Å². The molecule has 0 spiro atoms. The molecule has 1 aromatic carbocycles. The van der Waals surface area contributed by atoms with E-state index >= 15 is 0 Å². The van der Waals surface area contributed by atoms with Crippen LogP contribution in [0.15, 0.2) is 42.5 Å². The first kappa shape index (κ1) is 46.7. The Morgan fingerprint density at radius 1 is 0.510 bits per heavy atom. The van der Waals surface area contributed by atoms with Crippen molar-refractivity contribution >= 4 is 11.9 Å². The van der Waals surface area contributed by atoms with Crippen LogP contribution in [0.1, 0.15) is 235 Å². The third-order valence-corrected chi connectivity index (χ3v) is 10.2. The van der Waals surface area contributed by atoms with Crippen LogP contribution in [0.4, 0.5) is 0 Å². The van der Waals surface area contributed by atoms with Crippen molar-refractivity contribution in [1.29, 1.82) is 0 Å². The maximum atomic E-state index is 12.6. The second-order valence-electron chi connectivity index (χ2n) is 15.0. The molecule has 0 aliphatic carbocycles. The molecule has 51 heavy (non-hydrogen) atoms. The number of hydrogen-bond donors (Lipinski definition) is 1. The standard InChI is InChI=1S/C47H80O4/c1-3-5-7-9-11-13-15-17-18-19-20-21-22-23-24-25-27-29-31-33-35-37-42-45(48)51-44-41-38-40-43(46(44)47(49)50)39-36-34-32-30-28-26-16-14-12-10-8-6-4-2/h14,16-18,38,40-41H,3-13,15,19-37,39,42H2,1-2H3,(H,49,50)/b16-14-,18-17-. The summed E-state index contributed by atoms with van der Waals surface area (Å²) < 4.78 is 5.58. The van der Waals surface area contributed by atoms with E-state index in [4.69, 9.17) is 4.74 Å². The van der Waals surface area contributed by atoms with Crippen molar-refractivity contribution in [1.82, 2.24) is 0 Å². The van der Waals surface area contributed by atoms with Crippen LogP contribution in [0.3, 0.4) is 0 Å². The fraction of sp³-hybridized carbons (Fsp3) is 0.745. The van der Waals surface area contributed by atoms with Gasteiger partial charge in [0.25, 0.3) is 0 Å². The van der Waals surface area contributed by atoms with Gasteiger partial charge in [-0.05, 0) is 82.3 Å². The van der Waals surface area contributed by atoms with Gasteiger partial charge in [0.05, 0.1) is 0 Å². The van der Waals surface area contributed by atoms with Crippen molar-refractivity contribution in [3.05, 3.63) is 53.6 Å². The van der Waals surface area contributed by atoms with Crippen molar-refractivity contribution in [3.63, 3.8) is 0 Å². The first-order valence-corrected chi connectivity index (χ1v) is 22.0. The Kier molecular flexibility index (Phi) is 33.0. The average molecular weight is 709 g/mol. The van der Waals surface area contributed by atoms with Crippen molar-refractivity contribution in [2.24, 2.45) is 0 Å². The molecule has 1 rings (SSSR count). The molecule has 0 radical (unpaired) electrons. The highest BCUT2D eigenvalue weighted by molar-refractivity contribution is 5.93. The third kappa shape index (κ3) is 28.9. The van der Waals surface area contributed by atoms with Crippen molar-refractivity contribution < 1.29 is 19.4 Å². The van der Waals surface area contributed by atoms with Crippen LogP contribution in [-0.2, 0) is 11.2 Å². The molecule has 292 valence electrons. The molecule has 0 aliphatic rings. The van der Waals surface area contributed by atoms with Crippen LogP contribution in [0.5, 0.6) is 5.75 Å². The Bertz CT molecular complexity index is 1010. The summed E-state index contributed by atoms with van der Waals surface area (Å²) in [4.78, 5) is 24.7. The Labute approximate surface area is 315 Å². The molecule has 0 aliphatic heterocycles. The number of aromatic carboxylic acids is 1. The number of ether oxygens (including phenoxy) is 1. The van der Waals surface area contributed by atoms with Crippen molar-refractivity contribution in [3.8, 4) is 5.75 Å². The van der Waals surface area contributed by atoms with E-state index in [2.05, 4.69) is 38.2 Å². The Hall–Kier alpha value is -2.36. The number of carboxylic acids is 1. The topological polar surface area (TPSA) is 63.6 Å². The van der Waals surface area contributed by atoms with Gasteiger partial charge in [-0.3, -0.25) is 4.79 Å². The van der Waals surface area contributed by atoms with Crippen LogP contribution in [0.25, 0.3) is 0 Å². The maximum absolute atomic E-state index is 12.6. The molecule has 0 unspecified atom stereocenters. The number of rotatable bonds is 37. The summed E-state index contributed by atoms with van der Waals surface area (Å²) in [5.41, 5.74) is 0.918. The normalized spacial score (nSPS) is 11.6. The molecular weight excluding hydrogens is 629 g/mol. The first-order chi connectivity index (χ1) is 25.1. The van der Waals surface area contributed by atoms with Gasteiger partial charge in [-0.15, -0.1) is 0 Å². The number of hydrogen-bond acceptors (Lipinski definition) is 3. The molecule has 0 aromatic heterocycles. The Balaban J connectivity index is 2.05. The van der Waals surface area contributed by atoms with Crippen LogP contribution in [0, 0.1) is 0 Å². The van der Waals surface area contributed by atoms with Gasteiger partial charge in [0.2, 0.25) is 0 Å². The summed E-state index contributed by atoms with van der Waals surface area (Å²) in [5, 5.41) is 9.92. The minimum Gasteiger partial charge on any atom is -0.478 e. The van der Waals surface area contributed by atoms with Gasteiger partial charge in [0.1, 0.15) is 11.3 Å². The molecule has 0 amide bonds. The summed E-state index contributed by atoms with van der Waals surface area (Å²) >= 11 is 0. The van der Waals surface area contributed by atoms with Gasteiger partial charge in [-0.25, -0.2) is 4.79 Å². The van der Waals surface area contributed by atoms with E-state index in [-0.39, 0.29) is 17.3 Å². The average Bonchev–Trinajstić information content (AvgIpc) is 3.12. The minimum atomic E-state index is -1.02. The predicted molar refractivity (Wildman–Crippen MR) is 220 cm³/mol. The Morgan fingerprint density at radius 3 is 1.31 bits per heavy atom. The lowest BCUT2D eigenvalue weighted by atomic mass is 9.99. The summed E-state index contributed by atoms with van der Waals surface area (Å²) in [5.74, 6) is -1.15. The van der Waals surface area contributed by atoms with Crippen LogP contribution in [-0.4, -0.2) is 17.0 Å². The number of carbonyl (C=O) groups excluding carboxylic acids is 1. The number of carbonyl (C=O) groups is 2. The van der Waals surface area contributed by atoms with Crippen molar-refractivity contribution in [2.45, 2.75) is 226 Å². The number of carboxylic acid groups (broad SMARTS) is 1. The van der Waals surface area contributed by atoms with Crippen LogP contribution >= 0.6 is 0 Å². The molecule has 1 aromatic rings. The van der Waals surface area contributed by atoms with E-state index in [0.29, 0.717) is 12.8 Å². The summed E-state index contributed by atoms with van der Waals surface area (Å²) in [6, 6.07) is 5.30. The lowest BCUT2D eigenvalue weighted by Crippen LogP contribution is -2.12. The van der Waals surface area contributed by atoms with E-state index in [1.54, 1.807) is 6.07 Å². The molecular formula is C47H80O4. The fourth-order valence-corrected chi connectivity index (χ4v) is 6.90. The predicted octanol–water partition coefficient (Wildman–Crippen LogP) is 15.5. The van der Waals surface area contributed by atoms with Crippen LogP contribution in [0.2, 0.25) is 0 Å². The highest BCUT2D eigenvalue weighted by atomic mass is 16.5. The molecule has 0 saturated carbocycles. The lowest BCUT2D eigenvalue weighted by molar-refractivity contribution is -0.134. The van der Waals surface area contributed by atoms with Gasteiger partial charge in [-0.1, -0.05) is 185 Å². The molecule has 4 heteroatoms. The molecule has 4 nitrogen and oxygen atoms in total. The smallest absolute Gasteiger partial charge is 0.339 e. The zero-order valence-corrected chi connectivity index (χ0v) is 33.5. The number of esters is 1. The quantitative estimate of drug-likeness (QED) is 0.0323. The Morgan fingerprint density at radius 2 is 0.882 bits per heavy atom. The first-order valence-electron chi connectivity index (χ1n) is 22.0. The fourth-order valence-electron chi connectivity index (χ4n) is 6.90. The van der Waals surface area contributed by atoms with Gasteiger partial charge in [-0.2, -0.15) is 0 Å². The van der Waals surface area contributed by atoms with Gasteiger partial charge < -0.3 is 9.84 Å². The van der Waals surface area contributed by atoms with E-state index in [0.717, 1.165) is 44.1 Å². The number of aryl methyl sites for hydroxylation is 1. The minimum absolute atomic E-state index is 0.154. The number of allylic oxidation sites excluding steroid dienone is 4. The maximum Gasteiger partial charge on any atom is 0.339 e. The van der Waals surface area contributed by atoms with E-state index in [1.807, 2.05) is 12.1 Å². The molecule has 0 fully saturated rings. The summed E-state index contributed by atoms with van der Waals surface area (Å²) in [6.07, 6.45) is 49.5. The third-order valence-electron chi connectivity index (χ3n) is 10.2. The molecule has 0 saturated heterocycles. The highest BCUT2D eigenvalue weighted by Gasteiger charge is 2.18. The SMILES string of the molecule is CCCCCC/C=C\CCCCCCCc1cccc(OC(=O)CCCCCCCCCCCCCC/C=C\CCCCCCCC)c1C(=O)O. The van der Waals surface area contributed by atoms with Gasteiger partial charge in [0.15, 0.2) is 0 Å².